The average molecular weight is 308 g/mol. The number of thiazole rings is 1. The van der Waals surface area contributed by atoms with Gasteiger partial charge in [0, 0.05) is 30.7 Å². The first-order valence-corrected chi connectivity index (χ1v) is 6.56. The second-order valence-corrected chi connectivity index (χ2v) is 5.46. The predicted molar refractivity (Wildman–Crippen MR) is 75.4 cm³/mol. The highest BCUT2D eigenvalue weighted by Crippen LogP contribution is 2.20. The Bertz CT molecular complexity index is 429. The van der Waals surface area contributed by atoms with E-state index in [0.717, 1.165) is 18.0 Å². The Labute approximate surface area is 122 Å². The number of aromatic nitrogens is 1. The molecule has 1 aromatic heterocycles. The van der Waals surface area contributed by atoms with E-state index in [4.69, 9.17) is 15.2 Å². The van der Waals surface area contributed by atoms with Crippen LogP contribution >= 0.6 is 23.7 Å². The summed E-state index contributed by atoms with van der Waals surface area (Å²) in [6.07, 6.45) is 1.27. The van der Waals surface area contributed by atoms with Crippen LogP contribution in [0.3, 0.4) is 0 Å². The van der Waals surface area contributed by atoms with Crippen LogP contribution < -0.4 is 5.73 Å². The Kier molecular flexibility index (Phi) is 5.99. The first-order valence-electron chi connectivity index (χ1n) is 5.74. The van der Waals surface area contributed by atoms with Crippen LogP contribution in [0.25, 0.3) is 0 Å². The normalized spacial score (nSPS) is 23.7. The Morgan fingerprint density at radius 1 is 1.68 bits per heavy atom. The van der Waals surface area contributed by atoms with Crippen LogP contribution in [0.1, 0.15) is 11.8 Å². The summed E-state index contributed by atoms with van der Waals surface area (Å²) in [6.45, 7) is 4.00. The molecule has 19 heavy (non-hydrogen) atoms. The number of esters is 1. The third kappa shape index (κ3) is 4.31. The topological polar surface area (TPSA) is 77.7 Å². The molecule has 1 saturated heterocycles. The molecule has 0 unspecified atom stereocenters. The van der Waals surface area contributed by atoms with Gasteiger partial charge in [0.2, 0.25) is 0 Å². The van der Waals surface area contributed by atoms with Gasteiger partial charge < -0.3 is 15.2 Å². The zero-order valence-electron chi connectivity index (χ0n) is 10.9. The van der Waals surface area contributed by atoms with E-state index in [2.05, 4.69) is 9.88 Å². The molecule has 0 spiro atoms. The lowest BCUT2D eigenvalue weighted by molar-refractivity contribution is -0.166. The number of anilines is 1. The number of morpholine rings is 1. The molecule has 0 amide bonds. The smallest absolute Gasteiger partial charge is 0.336 e. The summed E-state index contributed by atoms with van der Waals surface area (Å²) in [7, 11) is 1.37. The number of carbonyl (C=O) groups excluding carboxylic acids is 1. The fourth-order valence-electron chi connectivity index (χ4n) is 2.05. The summed E-state index contributed by atoms with van der Waals surface area (Å²) in [6, 6.07) is 0. The SMILES string of the molecule is COC(=O)[C@H]1CN(Cc2cnc(N)s2)C[C@@H](C)O1.Cl. The van der Waals surface area contributed by atoms with Crippen molar-refractivity contribution in [2.45, 2.75) is 25.7 Å². The van der Waals surface area contributed by atoms with Gasteiger partial charge in [0.05, 0.1) is 13.2 Å². The molecule has 0 radical (unpaired) electrons. The minimum Gasteiger partial charge on any atom is -0.467 e. The van der Waals surface area contributed by atoms with Gasteiger partial charge in [-0.2, -0.15) is 0 Å². The molecule has 108 valence electrons. The van der Waals surface area contributed by atoms with Crippen molar-refractivity contribution in [2.24, 2.45) is 0 Å². The molecule has 0 aliphatic carbocycles. The zero-order chi connectivity index (χ0) is 13.1. The van der Waals surface area contributed by atoms with Crippen molar-refractivity contribution in [3.05, 3.63) is 11.1 Å². The van der Waals surface area contributed by atoms with E-state index in [1.165, 1.54) is 18.4 Å². The van der Waals surface area contributed by atoms with Gasteiger partial charge in [-0.25, -0.2) is 9.78 Å². The first kappa shape index (κ1) is 16.2. The van der Waals surface area contributed by atoms with Gasteiger partial charge in [-0.15, -0.1) is 23.7 Å². The van der Waals surface area contributed by atoms with E-state index in [1.54, 1.807) is 6.20 Å². The minimum atomic E-state index is -0.510. The molecular weight excluding hydrogens is 290 g/mol. The molecule has 1 aliphatic heterocycles. The number of ether oxygens (including phenoxy) is 2. The summed E-state index contributed by atoms with van der Waals surface area (Å²) in [4.78, 5) is 18.8. The van der Waals surface area contributed by atoms with Crippen molar-refractivity contribution >= 4 is 34.8 Å². The molecule has 2 rings (SSSR count). The van der Waals surface area contributed by atoms with Gasteiger partial charge in [0.25, 0.3) is 0 Å². The van der Waals surface area contributed by atoms with Crippen molar-refractivity contribution in [1.29, 1.82) is 0 Å². The molecule has 1 aliphatic rings. The van der Waals surface area contributed by atoms with Gasteiger partial charge in [0.1, 0.15) is 0 Å². The maximum atomic E-state index is 11.5. The molecule has 1 aromatic rings. The minimum absolute atomic E-state index is 0. The van der Waals surface area contributed by atoms with Crippen molar-refractivity contribution in [3.63, 3.8) is 0 Å². The van der Waals surface area contributed by atoms with Crippen LogP contribution in [-0.2, 0) is 20.8 Å². The van der Waals surface area contributed by atoms with Crippen LogP contribution in [0.15, 0.2) is 6.20 Å². The molecule has 2 atom stereocenters. The lowest BCUT2D eigenvalue weighted by atomic mass is 10.2. The van der Waals surface area contributed by atoms with E-state index in [-0.39, 0.29) is 24.5 Å². The number of methoxy groups -OCH3 is 1. The molecule has 2 N–H and O–H groups in total. The van der Waals surface area contributed by atoms with Crippen LogP contribution in [0.4, 0.5) is 5.13 Å². The molecule has 2 heterocycles. The monoisotopic (exact) mass is 307 g/mol. The maximum Gasteiger partial charge on any atom is 0.336 e. The lowest BCUT2D eigenvalue weighted by Gasteiger charge is -2.35. The predicted octanol–water partition coefficient (Wildman–Crippen LogP) is 0.909. The van der Waals surface area contributed by atoms with Crippen LogP contribution in [0.5, 0.6) is 0 Å². The average Bonchev–Trinajstić information content (AvgIpc) is 2.73. The van der Waals surface area contributed by atoms with E-state index in [9.17, 15) is 4.79 Å². The molecule has 1 fully saturated rings. The number of carbonyl (C=O) groups is 1. The highest BCUT2D eigenvalue weighted by Gasteiger charge is 2.31. The Morgan fingerprint density at radius 3 is 3.00 bits per heavy atom. The molecule has 0 aromatic carbocycles. The number of nitrogen functional groups attached to an aromatic ring is 1. The van der Waals surface area contributed by atoms with Crippen LogP contribution in [0.2, 0.25) is 0 Å². The Hall–Kier alpha value is -0.890. The maximum absolute atomic E-state index is 11.5. The summed E-state index contributed by atoms with van der Waals surface area (Å²) >= 11 is 1.47. The second-order valence-electron chi connectivity index (χ2n) is 4.32. The largest absolute Gasteiger partial charge is 0.467 e. The number of hydrogen-bond acceptors (Lipinski definition) is 7. The fourth-order valence-corrected chi connectivity index (χ4v) is 2.77. The van der Waals surface area contributed by atoms with E-state index in [1.807, 2.05) is 6.92 Å². The summed E-state index contributed by atoms with van der Waals surface area (Å²) in [5, 5.41) is 0.566. The molecular formula is C11H18ClN3O3S. The van der Waals surface area contributed by atoms with Crippen LogP contribution in [0, 0.1) is 0 Å². The quantitative estimate of drug-likeness (QED) is 0.836. The summed E-state index contributed by atoms with van der Waals surface area (Å²) in [5.74, 6) is -0.324. The van der Waals surface area contributed by atoms with Crippen molar-refractivity contribution in [1.82, 2.24) is 9.88 Å². The van der Waals surface area contributed by atoms with Gasteiger partial charge >= 0.3 is 5.97 Å². The second kappa shape index (κ2) is 7.04. The highest BCUT2D eigenvalue weighted by atomic mass is 35.5. The molecule has 6 nitrogen and oxygen atoms in total. The number of rotatable bonds is 3. The Balaban J connectivity index is 0.00000180. The zero-order valence-corrected chi connectivity index (χ0v) is 12.5. The summed E-state index contributed by atoms with van der Waals surface area (Å²) in [5.41, 5.74) is 5.60. The van der Waals surface area contributed by atoms with Crippen molar-refractivity contribution in [3.8, 4) is 0 Å². The number of nitrogens with zero attached hydrogens (tertiary/aromatic N) is 2. The first-order chi connectivity index (χ1) is 8.58. The lowest BCUT2D eigenvalue weighted by Crippen LogP contribution is -2.49. The van der Waals surface area contributed by atoms with Crippen molar-refractivity contribution in [2.75, 3.05) is 25.9 Å². The highest BCUT2D eigenvalue weighted by molar-refractivity contribution is 7.15. The number of hydrogen-bond donors (Lipinski definition) is 1. The van der Waals surface area contributed by atoms with Gasteiger partial charge in [-0.1, -0.05) is 0 Å². The number of halogens is 1. The Morgan fingerprint density at radius 2 is 2.42 bits per heavy atom. The number of nitrogens with two attached hydrogens (primary N) is 1. The van der Waals surface area contributed by atoms with Gasteiger partial charge in [-0.3, -0.25) is 4.90 Å². The van der Waals surface area contributed by atoms with Gasteiger partial charge in [-0.05, 0) is 6.92 Å². The molecule has 0 bridgehead atoms. The third-order valence-corrected chi connectivity index (χ3v) is 3.56. The molecule has 0 saturated carbocycles. The molecule has 8 heteroatoms. The third-order valence-electron chi connectivity index (χ3n) is 2.75. The standard InChI is InChI=1S/C11H17N3O3S.ClH/c1-7-4-14(5-8-3-13-11(12)18-8)6-9(17-7)10(15)16-2;/h3,7,9H,4-6H2,1-2H3,(H2,12,13);1H/t7-,9-;/m1./s1. The van der Waals surface area contributed by atoms with E-state index >= 15 is 0 Å². The summed E-state index contributed by atoms with van der Waals surface area (Å²) < 4.78 is 10.3. The van der Waals surface area contributed by atoms with Crippen LogP contribution in [-0.4, -0.2) is 48.3 Å². The van der Waals surface area contributed by atoms with Crippen molar-refractivity contribution < 1.29 is 14.3 Å². The van der Waals surface area contributed by atoms with Gasteiger partial charge in [0.15, 0.2) is 11.2 Å². The van der Waals surface area contributed by atoms with E-state index < -0.39 is 6.10 Å². The fraction of sp³-hybridized carbons (Fsp3) is 0.636. The van der Waals surface area contributed by atoms with E-state index in [0.29, 0.717) is 11.7 Å².